The highest BCUT2D eigenvalue weighted by Crippen LogP contribution is 2.16. The van der Waals surface area contributed by atoms with Crippen molar-refractivity contribution >= 4 is 29.6 Å². The van der Waals surface area contributed by atoms with Crippen molar-refractivity contribution in [2.24, 2.45) is 0 Å². The van der Waals surface area contributed by atoms with Crippen LogP contribution in [-0.2, 0) is 4.79 Å². The van der Waals surface area contributed by atoms with E-state index in [0.29, 0.717) is 18.8 Å². The maximum Gasteiger partial charge on any atom is 0.323 e. The molecule has 1 fully saturated rings. The van der Waals surface area contributed by atoms with E-state index in [4.69, 9.17) is 0 Å². The molecule has 7 heteroatoms. The summed E-state index contributed by atoms with van der Waals surface area (Å²) in [6.07, 6.45) is 2.51. The van der Waals surface area contributed by atoms with Crippen molar-refractivity contribution < 1.29 is 9.59 Å². The molecular weight excluding hydrogens is 306 g/mol. The summed E-state index contributed by atoms with van der Waals surface area (Å²) in [5.41, 5.74) is 1.35. The van der Waals surface area contributed by atoms with Crippen molar-refractivity contribution in [2.45, 2.75) is 0 Å². The molecule has 124 valence electrons. The predicted molar refractivity (Wildman–Crippen MR) is 93.2 cm³/mol. The monoisotopic (exact) mass is 325 g/mol. The third-order valence-corrected chi connectivity index (χ3v) is 3.82. The number of pyridine rings is 1. The number of para-hydroxylation sites is 1. The second-order valence-corrected chi connectivity index (χ2v) is 5.48. The van der Waals surface area contributed by atoms with Crippen LogP contribution in [0.5, 0.6) is 0 Å². The minimum absolute atomic E-state index is 0.310. The Morgan fingerprint density at radius 2 is 1.67 bits per heavy atom. The number of hydrogen-bond acceptors (Lipinski definition) is 4. The number of piperazine rings is 1. The number of carbonyl (C=O) groups is 2. The van der Waals surface area contributed by atoms with Crippen LogP contribution in [0, 0.1) is 0 Å². The zero-order valence-electron chi connectivity index (χ0n) is 13.2. The van der Waals surface area contributed by atoms with Crippen LogP contribution in [0.2, 0.25) is 0 Å². The maximum atomic E-state index is 11.9. The lowest BCUT2D eigenvalue weighted by Crippen LogP contribution is -2.46. The van der Waals surface area contributed by atoms with Gasteiger partial charge in [-0.1, -0.05) is 18.2 Å². The molecule has 24 heavy (non-hydrogen) atoms. The molecule has 2 heterocycles. The zero-order chi connectivity index (χ0) is 16.8. The number of urea groups is 1. The summed E-state index contributed by atoms with van der Waals surface area (Å²) < 4.78 is 0. The Morgan fingerprint density at radius 1 is 0.958 bits per heavy atom. The molecule has 0 bridgehead atoms. The standard InChI is InChI=1S/C17H19N5O2/c23-13-21-8-10-22(11-9-21)16-7-6-15(12-18-16)20-17(24)19-14-4-2-1-3-5-14/h1-7,12-13H,8-11H2,(H2,19,20,24). The molecule has 2 aromatic rings. The van der Waals surface area contributed by atoms with Gasteiger partial charge in [0.15, 0.2) is 0 Å². The van der Waals surface area contributed by atoms with E-state index < -0.39 is 0 Å². The molecule has 1 aromatic carbocycles. The lowest BCUT2D eigenvalue weighted by molar-refractivity contribution is -0.118. The molecule has 0 unspecified atom stereocenters. The first-order valence-electron chi connectivity index (χ1n) is 7.78. The van der Waals surface area contributed by atoms with Gasteiger partial charge in [0.2, 0.25) is 6.41 Å². The third kappa shape index (κ3) is 4.01. The fourth-order valence-corrected chi connectivity index (χ4v) is 2.52. The number of benzene rings is 1. The van der Waals surface area contributed by atoms with Crippen LogP contribution in [0.1, 0.15) is 0 Å². The van der Waals surface area contributed by atoms with E-state index >= 15 is 0 Å². The molecular formula is C17H19N5O2. The Balaban J connectivity index is 1.55. The molecule has 0 atom stereocenters. The molecule has 0 spiro atoms. The quantitative estimate of drug-likeness (QED) is 0.843. The minimum atomic E-state index is -0.310. The molecule has 1 aliphatic rings. The smallest absolute Gasteiger partial charge is 0.323 e. The zero-order valence-corrected chi connectivity index (χ0v) is 13.2. The number of amides is 3. The normalized spacial score (nSPS) is 14.2. The molecule has 3 amide bonds. The molecule has 1 saturated heterocycles. The van der Waals surface area contributed by atoms with Gasteiger partial charge in [-0.25, -0.2) is 9.78 Å². The van der Waals surface area contributed by atoms with Gasteiger partial charge in [0.05, 0.1) is 11.9 Å². The molecule has 1 aliphatic heterocycles. The van der Waals surface area contributed by atoms with Gasteiger partial charge in [-0.2, -0.15) is 0 Å². The Kier molecular flexibility index (Phi) is 4.90. The largest absolute Gasteiger partial charge is 0.353 e. The van der Waals surface area contributed by atoms with E-state index in [-0.39, 0.29) is 6.03 Å². The number of nitrogens with zero attached hydrogens (tertiary/aromatic N) is 3. The van der Waals surface area contributed by atoms with E-state index in [1.54, 1.807) is 11.1 Å². The van der Waals surface area contributed by atoms with E-state index in [0.717, 1.165) is 31.0 Å². The van der Waals surface area contributed by atoms with E-state index in [1.807, 2.05) is 42.5 Å². The maximum absolute atomic E-state index is 11.9. The molecule has 2 N–H and O–H groups in total. The minimum Gasteiger partial charge on any atom is -0.353 e. The number of hydrogen-bond donors (Lipinski definition) is 2. The van der Waals surface area contributed by atoms with Crippen LogP contribution in [0.15, 0.2) is 48.7 Å². The van der Waals surface area contributed by atoms with E-state index in [1.165, 1.54) is 0 Å². The van der Waals surface area contributed by atoms with Crippen molar-refractivity contribution in [3.05, 3.63) is 48.7 Å². The first-order chi connectivity index (χ1) is 11.7. The third-order valence-electron chi connectivity index (χ3n) is 3.82. The highest BCUT2D eigenvalue weighted by molar-refractivity contribution is 5.99. The lowest BCUT2D eigenvalue weighted by Gasteiger charge is -2.33. The average molecular weight is 325 g/mol. The van der Waals surface area contributed by atoms with Crippen LogP contribution in [0.3, 0.4) is 0 Å². The Morgan fingerprint density at radius 3 is 2.29 bits per heavy atom. The van der Waals surface area contributed by atoms with Gasteiger partial charge >= 0.3 is 6.03 Å². The molecule has 3 rings (SSSR count). The second-order valence-electron chi connectivity index (χ2n) is 5.48. The molecule has 7 nitrogen and oxygen atoms in total. The number of anilines is 3. The van der Waals surface area contributed by atoms with E-state index in [2.05, 4.69) is 20.5 Å². The van der Waals surface area contributed by atoms with Crippen molar-refractivity contribution in [1.82, 2.24) is 9.88 Å². The fourth-order valence-electron chi connectivity index (χ4n) is 2.52. The van der Waals surface area contributed by atoms with Crippen molar-refractivity contribution in [2.75, 3.05) is 41.7 Å². The van der Waals surface area contributed by atoms with Crippen LogP contribution in [0.25, 0.3) is 0 Å². The number of carbonyl (C=O) groups excluding carboxylic acids is 2. The van der Waals surface area contributed by atoms with Gasteiger partial charge in [0.25, 0.3) is 0 Å². The Labute approximate surface area is 140 Å². The number of aromatic nitrogens is 1. The SMILES string of the molecule is O=CN1CCN(c2ccc(NC(=O)Nc3ccccc3)cn2)CC1. The number of nitrogens with one attached hydrogen (secondary N) is 2. The molecule has 1 aromatic heterocycles. The average Bonchev–Trinajstić information content (AvgIpc) is 2.63. The Bertz CT molecular complexity index is 682. The van der Waals surface area contributed by atoms with Gasteiger partial charge in [0, 0.05) is 31.9 Å². The number of rotatable bonds is 4. The molecule has 0 aliphatic carbocycles. The van der Waals surface area contributed by atoms with Gasteiger partial charge in [0.1, 0.15) is 5.82 Å². The summed E-state index contributed by atoms with van der Waals surface area (Å²) in [4.78, 5) is 30.9. The molecule has 0 radical (unpaired) electrons. The van der Waals surface area contributed by atoms with Crippen LogP contribution in [0.4, 0.5) is 22.0 Å². The highest BCUT2D eigenvalue weighted by atomic mass is 16.2. The summed E-state index contributed by atoms with van der Waals surface area (Å²) in [6.45, 7) is 2.91. The summed E-state index contributed by atoms with van der Waals surface area (Å²) in [6, 6.07) is 12.6. The van der Waals surface area contributed by atoms with Crippen LogP contribution < -0.4 is 15.5 Å². The van der Waals surface area contributed by atoms with Gasteiger partial charge < -0.3 is 20.4 Å². The second kappa shape index (κ2) is 7.45. The predicted octanol–water partition coefficient (Wildman–Crippen LogP) is 2.00. The fraction of sp³-hybridized carbons (Fsp3) is 0.235. The summed E-state index contributed by atoms with van der Waals surface area (Å²) in [5, 5.41) is 5.50. The van der Waals surface area contributed by atoms with Crippen LogP contribution >= 0.6 is 0 Å². The van der Waals surface area contributed by atoms with Crippen molar-refractivity contribution in [1.29, 1.82) is 0 Å². The van der Waals surface area contributed by atoms with Gasteiger partial charge in [-0.15, -0.1) is 0 Å². The summed E-state index contributed by atoms with van der Waals surface area (Å²) in [5.74, 6) is 0.842. The lowest BCUT2D eigenvalue weighted by atomic mass is 10.3. The topological polar surface area (TPSA) is 77.6 Å². The summed E-state index contributed by atoms with van der Waals surface area (Å²) in [7, 11) is 0. The van der Waals surface area contributed by atoms with Gasteiger partial charge in [-0.3, -0.25) is 4.79 Å². The van der Waals surface area contributed by atoms with Crippen molar-refractivity contribution in [3.63, 3.8) is 0 Å². The first kappa shape index (κ1) is 15.8. The molecule has 0 saturated carbocycles. The van der Waals surface area contributed by atoms with Crippen LogP contribution in [-0.4, -0.2) is 48.5 Å². The summed E-state index contributed by atoms with van der Waals surface area (Å²) >= 11 is 0. The van der Waals surface area contributed by atoms with E-state index in [9.17, 15) is 9.59 Å². The van der Waals surface area contributed by atoms with Crippen molar-refractivity contribution in [3.8, 4) is 0 Å². The van der Waals surface area contributed by atoms with Gasteiger partial charge in [-0.05, 0) is 24.3 Å². The highest BCUT2D eigenvalue weighted by Gasteiger charge is 2.16. The Hall–Kier alpha value is -3.09. The first-order valence-corrected chi connectivity index (χ1v) is 7.78.